The van der Waals surface area contributed by atoms with Gasteiger partial charge in [0.2, 0.25) is 0 Å². The lowest BCUT2D eigenvalue weighted by Gasteiger charge is -2.37. The van der Waals surface area contributed by atoms with E-state index in [1.54, 1.807) is 6.92 Å². The smallest absolute Gasteiger partial charge is 0.307 e. The van der Waals surface area contributed by atoms with Crippen molar-refractivity contribution < 1.29 is 17.9 Å². The molecule has 106 valence electrons. The van der Waals surface area contributed by atoms with Crippen LogP contribution in [0.15, 0.2) is 0 Å². The minimum absolute atomic E-state index is 0.0405. The number of nitrogens with one attached hydrogen (secondary N) is 1. The lowest BCUT2D eigenvalue weighted by Crippen LogP contribution is -2.55. The highest BCUT2D eigenvalue weighted by molar-refractivity contribution is 7.91. The lowest BCUT2D eigenvalue weighted by atomic mass is 9.91. The topological polar surface area (TPSA) is 72.5 Å². The Morgan fingerprint density at radius 1 is 1.39 bits per heavy atom. The molecule has 1 unspecified atom stereocenters. The van der Waals surface area contributed by atoms with E-state index in [1.807, 2.05) is 6.92 Å². The third kappa shape index (κ3) is 4.57. The largest absolute Gasteiger partial charge is 0.466 e. The summed E-state index contributed by atoms with van der Waals surface area (Å²) in [6, 6.07) is 0. The van der Waals surface area contributed by atoms with Crippen LogP contribution in [-0.2, 0) is 19.4 Å². The van der Waals surface area contributed by atoms with Gasteiger partial charge in [0, 0.05) is 5.54 Å². The van der Waals surface area contributed by atoms with Gasteiger partial charge in [-0.1, -0.05) is 6.92 Å². The average Bonchev–Trinajstić information content (AvgIpc) is 2.25. The summed E-state index contributed by atoms with van der Waals surface area (Å²) in [7, 11) is -3.05. The lowest BCUT2D eigenvalue weighted by molar-refractivity contribution is -0.144. The van der Waals surface area contributed by atoms with Crippen LogP contribution in [0.2, 0.25) is 0 Å². The van der Waals surface area contributed by atoms with E-state index in [9.17, 15) is 13.2 Å². The second kappa shape index (κ2) is 6.52. The van der Waals surface area contributed by atoms with Crippen molar-refractivity contribution in [2.75, 3.05) is 24.7 Å². The molecule has 0 amide bonds. The molecule has 0 radical (unpaired) electrons. The van der Waals surface area contributed by atoms with Crippen molar-refractivity contribution in [3.63, 3.8) is 0 Å². The molecule has 1 heterocycles. The van der Waals surface area contributed by atoms with Gasteiger partial charge in [0.05, 0.1) is 24.5 Å². The van der Waals surface area contributed by atoms with Gasteiger partial charge in [0.15, 0.2) is 9.84 Å². The van der Waals surface area contributed by atoms with Gasteiger partial charge in [-0.3, -0.25) is 4.79 Å². The molecule has 1 aliphatic rings. The molecule has 0 bridgehead atoms. The van der Waals surface area contributed by atoms with Gasteiger partial charge in [-0.15, -0.1) is 0 Å². The number of hydrogen-bond acceptors (Lipinski definition) is 5. The molecular weight excluding hydrogens is 254 g/mol. The minimum Gasteiger partial charge on any atom is -0.466 e. The molecule has 1 rings (SSSR count). The predicted octanol–water partition coefficient (Wildman–Crippen LogP) is 0.887. The number of sulfone groups is 1. The maximum atomic E-state index is 11.8. The molecule has 0 saturated carbocycles. The zero-order chi connectivity index (χ0) is 13.6. The maximum Gasteiger partial charge on any atom is 0.307 e. The fourth-order valence-corrected chi connectivity index (χ4v) is 4.33. The van der Waals surface area contributed by atoms with Gasteiger partial charge < -0.3 is 10.1 Å². The molecule has 18 heavy (non-hydrogen) atoms. The van der Waals surface area contributed by atoms with Gasteiger partial charge in [-0.2, -0.15) is 0 Å². The molecule has 0 aromatic rings. The summed E-state index contributed by atoms with van der Waals surface area (Å²) in [5.41, 5.74) is -0.626. The van der Waals surface area contributed by atoms with Crippen LogP contribution in [0.25, 0.3) is 0 Å². The predicted molar refractivity (Wildman–Crippen MR) is 70.2 cm³/mol. The SMILES string of the molecule is CCCNC1(CC(=O)OCC)CCCS(=O)(=O)C1. The van der Waals surface area contributed by atoms with Gasteiger partial charge >= 0.3 is 5.97 Å². The van der Waals surface area contributed by atoms with Crippen LogP contribution in [0.1, 0.15) is 39.5 Å². The standard InChI is InChI=1S/C12H23NO4S/c1-3-7-13-12(9-11(14)17-4-2)6-5-8-18(15,16)10-12/h13H,3-10H2,1-2H3. The Morgan fingerprint density at radius 3 is 2.67 bits per heavy atom. The summed E-state index contributed by atoms with van der Waals surface area (Å²) in [6.07, 6.45) is 2.37. The number of carbonyl (C=O) groups excluding carboxylic acids is 1. The molecular formula is C12H23NO4S. The van der Waals surface area contributed by atoms with Gasteiger partial charge in [-0.05, 0) is 32.7 Å². The van der Waals surface area contributed by atoms with E-state index in [1.165, 1.54) is 0 Å². The summed E-state index contributed by atoms with van der Waals surface area (Å²) in [5.74, 6) is -0.0531. The Bertz CT molecular complexity index is 380. The van der Waals surface area contributed by atoms with Crippen LogP contribution >= 0.6 is 0 Å². The van der Waals surface area contributed by atoms with Crippen molar-refractivity contribution in [1.82, 2.24) is 5.32 Å². The van der Waals surface area contributed by atoms with Crippen LogP contribution in [0, 0.1) is 0 Å². The molecule has 0 spiro atoms. The zero-order valence-electron chi connectivity index (χ0n) is 11.2. The highest BCUT2D eigenvalue weighted by atomic mass is 32.2. The molecule has 5 nitrogen and oxygen atoms in total. The Hall–Kier alpha value is -0.620. The second-order valence-electron chi connectivity index (χ2n) is 4.88. The third-order valence-electron chi connectivity index (χ3n) is 3.14. The Morgan fingerprint density at radius 2 is 2.11 bits per heavy atom. The summed E-state index contributed by atoms with van der Waals surface area (Å²) < 4.78 is 28.5. The van der Waals surface area contributed by atoms with E-state index < -0.39 is 15.4 Å². The van der Waals surface area contributed by atoms with E-state index in [2.05, 4.69) is 5.32 Å². The summed E-state index contributed by atoms with van der Waals surface area (Å²) >= 11 is 0. The van der Waals surface area contributed by atoms with Crippen molar-refractivity contribution in [3.8, 4) is 0 Å². The van der Waals surface area contributed by atoms with Gasteiger partial charge in [0.1, 0.15) is 0 Å². The molecule has 0 aromatic heterocycles. The second-order valence-corrected chi connectivity index (χ2v) is 7.07. The normalized spacial score (nSPS) is 26.8. The summed E-state index contributed by atoms with van der Waals surface area (Å²) in [4.78, 5) is 11.6. The van der Waals surface area contributed by atoms with Crippen LogP contribution in [-0.4, -0.2) is 44.6 Å². The summed E-state index contributed by atoms with van der Waals surface area (Å²) in [6.45, 7) is 4.81. The van der Waals surface area contributed by atoms with Crippen molar-refractivity contribution in [1.29, 1.82) is 0 Å². The first-order valence-electron chi connectivity index (χ1n) is 6.54. The van der Waals surface area contributed by atoms with Crippen LogP contribution < -0.4 is 5.32 Å². The molecule has 1 saturated heterocycles. The number of hydrogen-bond donors (Lipinski definition) is 1. The molecule has 0 aromatic carbocycles. The monoisotopic (exact) mass is 277 g/mol. The van der Waals surface area contributed by atoms with E-state index in [0.717, 1.165) is 13.0 Å². The van der Waals surface area contributed by atoms with Crippen molar-refractivity contribution >= 4 is 15.8 Å². The molecule has 1 fully saturated rings. The van der Waals surface area contributed by atoms with Crippen molar-refractivity contribution in [2.24, 2.45) is 0 Å². The Kier molecular flexibility index (Phi) is 5.59. The highest BCUT2D eigenvalue weighted by Gasteiger charge is 2.40. The van der Waals surface area contributed by atoms with Crippen molar-refractivity contribution in [3.05, 3.63) is 0 Å². The first-order valence-corrected chi connectivity index (χ1v) is 8.36. The van der Waals surface area contributed by atoms with Crippen LogP contribution in [0.4, 0.5) is 0 Å². The van der Waals surface area contributed by atoms with Crippen molar-refractivity contribution in [2.45, 2.75) is 45.1 Å². The Labute approximate surface area is 109 Å². The minimum atomic E-state index is -3.05. The zero-order valence-corrected chi connectivity index (χ0v) is 12.0. The molecule has 1 aliphatic heterocycles. The van der Waals surface area contributed by atoms with E-state index in [4.69, 9.17) is 4.74 Å². The quantitative estimate of drug-likeness (QED) is 0.730. The molecule has 1 N–H and O–H groups in total. The van der Waals surface area contributed by atoms with E-state index >= 15 is 0 Å². The molecule has 0 aliphatic carbocycles. The number of carbonyl (C=O) groups is 1. The van der Waals surface area contributed by atoms with Gasteiger partial charge in [0.25, 0.3) is 0 Å². The van der Waals surface area contributed by atoms with Crippen LogP contribution in [0.3, 0.4) is 0 Å². The maximum absolute atomic E-state index is 11.8. The highest BCUT2D eigenvalue weighted by Crippen LogP contribution is 2.26. The van der Waals surface area contributed by atoms with E-state index in [0.29, 0.717) is 19.4 Å². The number of rotatable bonds is 6. The van der Waals surface area contributed by atoms with Crippen LogP contribution in [0.5, 0.6) is 0 Å². The number of esters is 1. The fraction of sp³-hybridized carbons (Fsp3) is 0.917. The average molecular weight is 277 g/mol. The fourth-order valence-electron chi connectivity index (χ4n) is 2.42. The van der Waals surface area contributed by atoms with Gasteiger partial charge in [-0.25, -0.2) is 8.42 Å². The third-order valence-corrected chi connectivity index (χ3v) is 5.05. The first kappa shape index (κ1) is 15.4. The number of ether oxygens (including phenoxy) is 1. The van der Waals surface area contributed by atoms with E-state index in [-0.39, 0.29) is 23.9 Å². The molecule has 1 atom stereocenters. The summed E-state index contributed by atoms with van der Waals surface area (Å²) in [5, 5.41) is 3.25. The molecule has 6 heteroatoms. The Balaban J connectivity index is 2.77. The first-order chi connectivity index (χ1) is 8.43.